The van der Waals surface area contributed by atoms with E-state index in [0.29, 0.717) is 18.2 Å². The van der Waals surface area contributed by atoms with Crippen molar-refractivity contribution in [1.82, 2.24) is 9.88 Å². The van der Waals surface area contributed by atoms with E-state index in [4.69, 9.17) is 0 Å². The highest BCUT2D eigenvalue weighted by Crippen LogP contribution is 2.21. The van der Waals surface area contributed by atoms with Gasteiger partial charge in [0, 0.05) is 37.7 Å². The molecule has 86 valence electrons. The van der Waals surface area contributed by atoms with Gasteiger partial charge < -0.3 is 0 Å². The summed E-state index contributed by atoms with van der Waals surface area (Å²) in [6, 6.07) is 6.29. The number of carbonyl (C=O) groups excluding carboxylic acids is 1. The maximum absolute atomic E-state index is 11.6. The molecule has 0 aromatic carbocycles. The lowest BCUT2D eigenvalue weighted by atomic mass is 9.90. The first-order valence-electron chi connectivity index (χ1n) is 5.85. The van der Waals surface area contributed by atoms with Gasteiger partial charge in [0.25, 0.3) is 0 Å². The number of Topliss-reactive ketones (excluding diaryl/α,β-unsaturated/α-hetero) is 1. The van der Waals surface area contributed by atoms with Gasteiger partial charge in [-0.2, -0.15) is 0 Å². The zero-order chi connectivity index (χ0) is 11.5. The summed E-state index contributed by atoms with van der Waals surface area (Å²) in [5, 5.41) is 0. The third kappa shape index (κ3) is 2.30. The summed E-state index contributed by atoms with van der Waals surface area (Å²) >= 11 is 0. The van der Waals surface area contributed by atoms with Crippen LogP contribution in [-0.4, -0.2) is 28.3 Å². The Bertz CT molecular complexity index is 363. The number of nitrogens with zero attached hydrogens (tertiary/aromatic N) is 2. The minimum Gasteiger partial charge on any atom is -0.299 e. The first-order valence-corrected chi connectivity index (χ1v) is 5.85. The summed E-state index contributed by atoms with van der Waals surface area (Å²) in [5.74, 6) is 0.544. The Hall–Kier alpha value is -1.22. The Kier molecular flexibility index (Phi) is 3.34. The summed E-state index contributed by atoms with van der Waals surface area (Å²) in [6.45, 7) is 5.86. The SMILES string of the molecule is CC1C(=O)CCN(Cc2ccccn2)C1C. The largest absolute Gasteiger partial charge is 0.299 e. The summed E-state index contributed by atoms with van der Waals surface area (Å²) in [5.41, 5.74) is 1.08. The van der Waals surface area contributed by atoms with Crippen molar-refractivity contribution in [3.8, 4) is 0 Å². The van der Waals surface area contributed by atoms with E-state index < -0.39 is 0 Å². The van der Waals surface area contributed by atoms with Crippen molar-refractivity contribution in [2.45, 2.75) is 32.9 Å². The predicted molar refractivity (Wildman–Crippen MR) is 62.9 cm³/mol. The maximum atomic E-state index is 11.6. The quantitative estimate of drug-likeness (QED) is 0.760. The molecule has 2 heterocycles. The molecule has 0 aliphatic carbocycles. The van der Waals surface area contributed by atoms with Crippen molar-refractivity contribution < 1.29 is 4.79 Å². The smallest absolute Gasteiger partial charge is 0.138 e. The van der Waals surface area contributed by atoms with Crippen molar-refractivity contribution in [3.05, 3.63) is 30.1 Å². The summed E-state index contributed by atoms with van der Waals surface area (Å²) < 4.78 is 0. The highest BCUT2D eigenvalue weighted by atomic mass is 16.1. The fraction of sp³-hybridized carbons (Fsp3) is 0.538. The van der Waals surface area contributed by atoms with Crippen LogP contribution in [0.5, 0.6) is 0 Å². The van der Waals surface area contributed by atoms with Gasteiger partial charge in [-0.05, 0) is 19.1 Å². The van der Waals surface area contributed by atoms with Gasteiger partial charge in [-0.3, -0.25) is 14.7 Å². The molecule has 2 unspecified atom stereocenters. The van der Waals surface area contributed by atoms with Gasteiger partial charge in [-0.1, -0.05) is 13.0 Å². The molecular weight excluding hydrogens is 200 g/mol. The van der Waals surface area contributed by atoms with Crippen LogP contribution < -0.4 is 0 Å². The maximum Gasteiger partial charge on any atom is 0.138 e. The number of rotatable bonds is 2. The van der Waals surface area contributed by atoms with Gasteiger partial charge in [0.1, 0.15) is 5.78 Å². The first-order chi connectivity index (χ1) is 7.68. The number of carbonyl (C=O) groups is 1. The van der Waals surface area contributed by atoms with Gasteiger partial charge in [0.15, 0.2) is 0 Å². The molecule has 0 spiro atoms. The van der Waals surface area contributed by atoms with E-state index >= 15 is 0 Å². The van der Waals surface area contributed by atoms with Gasteiger partial charge in [-0.25, -0.2) is 0 Å². The lowest BCUT2D eigenvalue weighted by Crippen LogP contribution is -2.46. The van der Waals surface area contributed by atoms with Crippen LogP contribution in [0.3, 0.4) is 0 Å². The van der Waals surface area contributed by atoms with Crippen LogP contribution in [0.15, 0.2) is 24.4 Å². The fourth-order valence-electron chi connectivity index (χ4n) is 2.19. The van der Waals surface area contributed by atoms with Crippen LogP contribution >= 0.6 is 0 Å². The van der Waals surface area contributed by atoms with Crippen molar-refractivity contribution >= 4 is 5.78 Å². The van der Waals surface area contributed by atoms with Crippen LogP contribution in [0.4, 0.5) is 0 Å². The topological polar surface area (TPSA) is 33.2 Å². The van der Waals surface area contributed by atoms with Crippen LogP contribution in [0, 0.1) is 5.92 Å². The number of aromatic nitrogens is 1. The zero-order valence-electron chi connectivity index (χ0n) is 9.89. The van der Waals surface area contributed by atoms with Crippen LogP contribution in [0.1, 0.15) is 26.0 Å². The van der Waals surface area contributed by atoms with Crippen molar-refractivity contribution in [1.29, 1.82) is 0 Å². The number of pyridine rings is 1. The molecule has 1 aromatic heterocycles. The highest BCUT2D eigenvalue weighted by molar-refractivity contribution is 5.82. The molecule has 1 fully saturated rings. The molecule has 2 atom stereocenters. The molecule has 0 saturated carbocycles. The Morgan fingerprint density at radius 3 is 2.94 bits per heavy atom. The summed E-state index contributed by atoms with van der Waals surface area (Å²) in [6.07, 6.45) is 2.50. The number of ketones is 1. The summed E-state index contributed by atoms with van der Waals surface area (Å²) in [7, 11) is 0. The molecule has 0 bridgehead atoms. The molecule has 1 aliphatic heterocycles. The van der Waals surface area contributed by atoms with E-state index in [1.54, 1.807) is 0 Å². The third-order valence-corrected chi connectivity index (χ3v) is 3.54. The van der Waals surface area contributed by atoms with E-state index in [1.165, 1.54) is 0 Å². The minimum absolute atomic E-state index is 0.150. The molecule has 16 heavy (non-hydrogen) atoms. The van der Waals surface area contributed by atoms with E-state index in [2.05, 4.69) is 16.8 Å². The molecule has 1 saturated heterocycles. The predicted octanol–water partition coefficient (Wildman–Crippen LogP) is 1.88. The van der Waals surface area contributed by atoms with Crippen LogP contribution in [-0.2, 0) is 11.3 Å². The Morgan fingerprint density at radius 2 is 2.25 bits per heavy atom. The number of hydrogen-bond acceptors (Lipinski definition) is 3. The monoisotopic (exact) mass is 218 g/mol. The molecule has 1 aromatic rings. The van der Waals surface area contributed by atoms with Gasteiger partial charge in [0.2, 0.25) is 0 Å². The van der Waals surface area contributed by atoms with E-state index in [1.807, 2.05) is 31.3 Å². The van der Waals surface area contributed by atoms with Crippen molar-refractivity contribution in [2.75, 3.05) is 6.54 Å². The standard InChI is InChI=1S/C13H18N2O/c1-10-11(2)15(8-6-13(10)16)9-12-5-3-4-7-14-12/h3-5,7,10-11H,6,8-9H2,1-2H3. The summed E-state index contributed by atoms with van der Waals surface area (Å²) in [4.78, 5) is 18.2. The van der Waals surface area contributed by atoms with Gasteiger partial charge in [0.05, 0.1) is 5.69 Å². The van der Waals surface area contributed by atoms with E-state index in [0.717, 1.165) is 18.8 Å². The molecule has 0 amide bonds. The minimum atomic E-state index is 0.150. The van der Waals surface area contributed by atoms with Crippen molar-refractivity contribution in [3.63, 3.8) is 0 Å². The lowest BCUT2D eigenvalue weighted by molar-refractivity contribution is -0.128. The Balaban J connectivity index is 2.03. The molecule has 3 nitrogen and oxygen atoms in total. The van der Waals surface area contributed by atoms with Crippen LogP contribution in [0.2, 0.25) is 0 Å². The van der Waals surface area contributed by atoms with Crippen LogP contribution in [0.25, 0.3) is 0 Å². The second-order valence-electron chi connectivity index (χ2n) is 4.54. The number of likely N-dealkylation sites (tertiary alicyclic amines) is 1. The normalized spacial score (nSPS) is 27.0. The molecule has 1 aliphatic rings. The average Bonchev–Trinajstić information content (AvgIpc) is 2.31. The second-order valence-corrected chi connectivity index (χ2v) is 4.54. The molecule has 2 rings (SSSR count). The second kappa shape index (κ2) is 4.74. The lowest BCUT2D eigenvalue weighted by Gasteiger charge is -2.36. The van der Waals surface area contributed by atoms with Gasteiger partial charge >= 0.3 is 0 Å². The zero-order valence-corrected chi connectivity index (χ0v) is 9.89. The number of hydrogen-bond donors (Lipinski definition) is 0. The third-order valence-electron chi connectivity index (χ3n) is 3.54. The molecule has 0 radical (unpaired) electrons. The van der Waals surface area contributed by atoms with Crippen molar-refractivity contribution in [2.24, 2.45) is 5.92 Å². The van der Waals surface area contributed by atoms with E-state index in [-0.39, 0.29) is 5.92 Å². The molecule has 0 N–H and O–H groups in total. The fourth-order valence-corrected chi connectivity index (χ4v) is 2.19. The first kappa shape index (κ1) is 11.3. The highest BCUT2D eigenvalue weighted by Gasteiger charge is 2.30. The average molecular weight is 218 g/mol. The van der Waals surface area contributed by atoms with Gasteiger partial charge in [-0.15, -0.1) is 0 Å². The Morgan fingerprint density at radius 1 is 1.44 bits per heavy atom. The Labute approximate surface area is 96.5 Å². The van der Waals surface area contributed by atoms with E-state index in [9.17, 15) is 4.79 Å². The molecular formula is C13H18N2O. The number of piperidine rings is 1. The molecule has 3 heteroatoms.